The van der Waals surface area contributed by atoms with Crippen molar-refractivity contribution in [1.29, 1.82) is 0 Å². The molecule has 0 aliphatic heterocycles. The molecule has 0 radical (unpaired) electrons. The highest BCUT2D eigenvalue weighted by molar-refractivity contribution is 6.37. The zero-order valence-corrected chi connectivity index (χ0v) is 42.0. The van der Waals surface area contributed by atoms with E-state index < -0.39 is 23.9 Å². The first-order valence-electron chi connectivity index (χ1n) is 25.5. The number of unbranched alkanes of at least 4 members (excludes halogenated alkanes) is 16. The van der Waals surface area contributed by atoms with Crippen LogP contribution in [0.3, 0.4) is 0 Å². The smallest absolute Gasteiger partial charge is 0.343 e. The molecular weight excluding hydrogens is 916 g/mol. The number of hydrogen-bond donors (Lipinski definition) is 0. The van der Waals surface area contributed by atoms with Crippen molar-refractivity contribution in [3.63, 3.8) is 0 Å². The molecule has 0 saturated carbocycles. The van der Waals surface area contributed by atoms with Crippen LogP contribution < -0.4 is 28.4 Å². The molecule has 0 fully saturated rings. The molecule has 0 atom stereocenters. The molecule has 374 valence electrons. The number of carbonyl (C=O) groups is 4. The minimum Gasteiger partial charge on any atom is -0.494 e. The summed E-state index contributed by atoms with van der Waals surface area (Å²) in [5.41, 5.74) is 1.15. The molecule has 0 aliphatic carbocycles. The maximum Gasteiger partial charge on any atom is 0.343 e. The third kappa shape index (κ3) is 17.9. The fourth-order valence-electron chi connectivity index (χ4n) is 7.94. The molecule has 0 bridgehead atoms. The molecule has 0 spiro atoms. The van der Waals surface area contributed by atoms with Gasteiger partial charge >= 0.3 is 23.9 Å². The molecule has 0 amide bonds. The normalized spacial score (nSPS) is 11.0. The highest BCUT2D eigenvalue weighted by atomic mass is 35.5. The van der Waals surface area contributed by atoms with E-state index >= 15 is 0 Å². The standard InChI is InChI=1S/C60H67ClO10/c1-3-5-7-9-11-13-15-17-19-41-66-49-30-23-45(24-31-49)57(62)68-51-34-27-47(28-35-51)59(64)71-55-40-29-44-21-22-48(43-54(44)56(55)61)60(65)70-53-38-36-52(37-39-53)69-58(63)46-25-32-50(33-26-46)67-42-20-18-16-14-12-10-8-6-4-2/h21-40,43H,3-20,41-42H2,1-2H3. The van der Waals surface area contributed by atoms with E-state index in [-0.39, 0.29) is 39.1 Å². The highest BCUT2D eigenvalue weighted by Crippen LogP contribution is 2.34. The van der Waals surface area contributed by atoms with Crippen molar-refractivity contribution in [2.75, 3.05) is 13.2 Å². The van der Waals surface area contributed by atoms with Crippen molar-refractivity contribution < 1.29 is 47.6 Å². The van der Waals surface area contributed by atoms with Gasteiger partial charge in [-0.05, 0) is 133 Å². The molecule has 0 saturated heterocycles. The Morgan fingerprint density at radius 1 is 0.352 bits per heavy atom. The lowest BCUT2D eigenvalue weighted by Gasteiger charge is -2.11. The van der Waals surface area contributed by atoms with Crippen LogP contribution in [-0.2, 0) is 0 Å². The summed E-state index contributed by atoms with van der Waals surface area (Å²) in [4.78, 5) is 52.2. The second kappa shape index (κ2) is 29.5. The van der Waals surface area contributed by atoms with Gasteiger partial charge in [-0.3, -0.25) is 0 Å². The Hall–Kier alpha value is -6.65. The van der Waals surface area contributed by atoms with Crippen molar-refractivity contribution in [3.05, 3.63) is 155 Å². The van der Waals surface area contributed by atoms with Gasteiger partial charge in [0.2, 0.25) is 0 Å². The minimum absolute atomic E-state index is 0.0875. The van der Waals surface area contributed by atoms with Crippen LogP contribution in [0.1, 0.15) is 171 Å². The first-order chi connectivity index (χ1) is 34.7. The van der Waals surface area contributed by atoms with Crippen LogP contribution in [0.25, 0.3) is 10.8 Å². The maximum absolute atomic E-state index is 13.3. The Bertz CT molecular complexity index is 2590. The van der Waals surface area contributed by atoms with E-state index in [9.17, 15) is 19.2 Å². The minimum atomic E-state index is -0.686. The summed E-state index contributed by atoms with van der Waals surface area (Å²) in [7, 11) is 0. The summed E-state index contributed by atoms with van der Waals surface area (Å²) in [6.07, 6.45) is 22.4. The number of fused-ring (bicyclic) bond motifs is 1. The average molecular weight is 984 g/mol. The summed E-state index contributed by atoms with van der Waals surface area (Å²) < 4.78 is 34.1. The second-order valence-corrected chi connectivity index (χ2v) is 18.1. The van der Waals surface area contributed by atoms with Crippen LogP contribution in [0.15, 0.2) is 127 Å². The monoisotopic (exact) mass is 982 g/mol. The van der Waals surface area contributed by atoms with Gasteiger partial charge in [0.25, 0.3) is 0 Å². The highest BCUT2D eigenvalue weighted by Gasteiger charge is 2.18. The van der Waals surface area contributed by atoms with Gasteiger partial charge in [0, 0.05) is 5.39 Å². The van der Waals surface area contributed by atoms with Crippen molar-refractivity contribution in [3.8, 4) is 34.5 Å². The molecule has 0 heterocycles. The molecular formula is C60H67ClO10. The van der Waals surface area contributed by atoms with Crippen LogP contribution in [0.4, 0.5) is 0 Å². The van der Waals surface area contributed by atoms with E-state index in [1.165, 1.54) is 138 Å². The lowest BCUT2D eigenvalue weighted by atomic mass is 10.1. The fourth-order valence-corrected chi connectivity index (χ4v) is 8.21. The molecule has 0 unspecified atom stereocenters. The summed E-state index contributed by atoms with van der Waals surface area (Å²) in [5.74, 6) is -0.162. The number of halogens is 1. The van der Waals surface area contributed by atoms with Crippen molar-refractivity contribution in [2.24, 2.45) is 0 Å². The number of esters is 4. The van der Waals surface area contributed by atoms with E-state index in [4.69, 9.17) is 40.0 Å². The molecule has 6 aromatic rings. The van der Waals surface area contributed by atoms with Gasteiger partial charge in [-0.25, -0.2) is 19.2 Å². The number of benzene rings is 6. The van der Waals surface area contributed by atoms with Gasteiger partial charge in [0.1, 0.15) is 34.5 Å². The van der Waals surface area contributed by atoms with E-state index in [1.807, 2.05) is 0 Å². The van der Waals surface area contributed by atoms with E-state index in [0.717, 1.165) is 25.7 Å². The number of hydrogen-bond acceptors (Lipinski definition) is 10. The molecule has 10 nitrogen and oxygen atoms in total. The zero-order chi connectivity index (χ0) is 50.0. The lowest BCUT2D eigenvalue weighted by Crippen LogP contribution is -2.11. The van der Waals surface area contributed by atoms with Gasteiger partial charge < -0.3 is 28.4 Å². The predicted molar refractivity (Wildman–Crippen MR) is 280 cm³/mol. The third-order valence-corrected chi connectivity index (χ3v) is 12.5. The summed E-state index contributed by atoms with van der Waals surface area (Å²) in [5, 5.41) is 1.29. The summed E-state index contributed by atoms with van der Waals surface area (Å²) in [6, 6.07) is 34.0. The van der Waals surface area contributed by atoms with Gasteiger partial charge in [0.05, 0.1) is 40.5 Å². The fraction of sp³-hybridized carbons (Fsp3) is 0.367. The maximum atomic E-state index is 13.3. The molecule has 6 rings (SSSR count). The Labute approximate surface area is 423 Å². The molecule has 6 aromatic carbocycles. The summed E-state index contributed by atoms with van der Waals surface area (Å²) >= 11 is 6.75. The Balaban J connectivity index is 0.921. The second-order valence-electron chi connectivity index (χ2n) is 17.8. The zero-order valence-electron chi connectivity index (χ0n) is 41.2. The van der Waals surface area contributed by atoms with Gasteiger partial charge in [-0.15, -0.1) is 0 Å². The van der Waals surface area contributed by atoms with Crippen LogP contribution in [0.2, 0.25) is 5.02 Å². The largest absolute Gasteiger partial charge is 0.494 e. The van der Waals surface area contributed by atoms with E-state index in [1.54, 1.807) is 78.9 Å². The number of carbonyl (C=O) groups excluding carboxylic acids is 4. The van der Waals surface area contributed by atoms with Gasteiger partial charge in [-0.1, -0.05) is 140 Å². The van der Waals surface area contributed by atoms with Gasteiger partial charge in [0.15, 0.2) is 0 Å². The summed E-state index contributed by atoms with van der Waals surface area (Å²) in [6.45, 7) is 5.74. The SMILES string of the molecule is CCCCCCCCCCCOc1ccc(C(=O)Oc2ccc(OC(=O)c3ccc4ccc(OC(=O)c5ccc(OC(=O)c6ccc(OCCCCCCCCCCC)cc6)cc5)c(Cl)c4c3)cc2)cc1. The van der Waals surface area contributed by atoms with Crippen LogP contribution in [0.5, 0.6) is 34.5 Å². The molecule has 0 aliphatic rings. The van der Waals surface area contributed by atoms with E-state index in [2.05, 4.69) is 13.8 Å². The lowest BCUT2D eigenvalue weighted by molar-refractivity contribution is 0.0719. The number of ether oxygens (including phenoxy) is 6. The first kappa shape index (κ1) is 53.7. The Morgan fingerprint density at radius 2 is 0.662 bits per heavy atom. The first-order valence-corrected chi connectivity index (χ1v) is 25.9. The Morgan fingerprint density at radius 3 is 1.07 bits per heavy atom. The van der Waals surface area contributed by atoms with Crippen LogP contribution in [0, 0.1) is 0 Å². The topological polar surface area (TPSA) is 124 Å². The number of rotatable bonds is 30. The van der Waals surface area contributed by atoms with Crippen LogP contribution >= 0.6 is 11.6 Å². The molecule has 71 heavy (non-hydrogen) atoms. The van der Waals surface area contributed by atoms with Crippen molar-refractivity contribution in [2.45, 2.75) is 129 Å². The molecule has 0 aromatic heterocycles. The van der Waals surface area contributed by atoms with E-state index in [0.29, 0.717) is 46.6 Å². The predicted octanol–water partition coefficient (Wildman–Crippen LogP) is 16.2. The Kier molecular flexibility index (Phi) is 22.3. The van der Waals surface area contributed by atoms with Crippen LogP contribution in [-0.4, -0.2) is 37.1 Å². The quantitative estimate of drug-likeness (QED) is 0.0245. The van der Waals surface area contributed by atoms with Gasteiger partial charge in [-0.2, -0.15) is 0 Å². The third-order valence-electron chi connectivity index (χ3n) is 12.1. The van der Waals surface area contributed by atoms with Crippen molar-refractivity contribution >= 4 is 46.3 Å². The van der Waals surface area contributed by atoms with Crippen molar-refractivity contribution in [1.82, 2.24) is 0 Å². The molecule has 11 heteroatoms. The molecule has 0 N–H and O–H groups in total. The average Bonchev–Trinajstić information content (AvgIpc) is 3.39.